The molecule has 4 aromatic carbocycles. The molecule has 0 aliphatic heterocycles. The predicted octanol–water partition coefficient (Wildman–Crippen LogP) is 6.63. The fourth-order valence-corrected chi connectivity index (χ4v) is 4.64. The van der Waals surface area contributed by atoms with Crippen molar-refractivity contribution < 1.29 is 13.9 Å². The minimum atomic E-state index is -0.358. The van der Waals surface area contributed by atoms with Gasteiger partial charge in [0.1, 0.15) is 11.3 Å². The van der Waals surface area contributed by atoms with Crippen molar-refractivity contribution in [3.8, 4) is 17.2 Å². The monoisotopic (exact) mass is 524 g/mol. The minimum absolute atomic E-state index is 0.167. The van der Waals surface area contributed by atoms with E-state index in [-0.39, 0.29) is 11.0 Å². The molecule has 0 aliphatic carbocycles. The van der Waals surface area contributed by atoms with Gasteiger partial charge in [0.25, 0.3) is 5.91 Å². The van der Waals surface area contributed by atoms with Gasteiger partial charge in [0, 0.05) is 30.0 Å². The standard InChI is InChI=1S/C30H28N4O3S/c1-4-34(5-2)23-13-10-19(11-14-23)29-32-25-18-22(12-15-26(25)37-29)31-30(38)33-28(35)24-16-20-8-6-7-9-21(20)17-27(24)36-3/h6-18H,4-5H2,1-3H3,(H2,31,33,35,38). The number of hydrogen-bond acceptors (Lipinski definition) is 6. The molecule has 2 N–H and O–H groups in total. The van der Waals surface area contributed by atoms with Gasteiger partial charge < -0.3 is 19.4 Å². The first-order valence-corrected chi connectivity index (χ1v) is 12.8. The third-order valence-electron chi connectivity index (χ3n) is 6.43. The predicted molar refractivity (Wildman–Crippen MR) is 157 cm³/mol. The van der Waals surface area contributed by atoms with Crippen LogP contribution < -0.4 is 20.3 Å². The number of benzene rings is 4. The Morgan fingerprint density at radius 1 is 0.974 bits per heavy atom. The third-order valence-corrected chi connectivity index (χ3v) is 6.63. The van der Waals surface area contributed by atoms with E-state index in [4.69, 9.17) is 21.4 Å². The topological polar surface area (TPSA) is 79.6 Å². The molecule has 0 unspecified atom stereocenters. The highest BCUT2D eigenvalue weighted by atomic mass is 32.1. The lowest BCUT2D eigenvalue weighted by Crippen LogP contribution is -2.34. The lowest BCUT2D eigenvalue weighted by atomic mass is 10.1. The van der Waals surface area contributed by atoms with Crippen molar-refractivity contribution in [1.82, 2.24) is 10.3 Å². The lowest BCUT2D eigenvalue weighted by Gasteiger charge is -2.20. The average Bonchev–Trinajstić information content (AvgIpc) is 3.36. The van der Waals surface area contributed by atoms with Crippen LogP contribution in [0.5, 0.6) is 5.75 Å². The van der Waals surface area contributed by atoms with Crippen LogP contribution in [0, 0.1) is 0 Å². The number of thiocarbonyl (C=S) groups is 1. The SMILES string of the molecule is CCN(CC)c1ccc(-c2nc3cc(NC(=S)NC(=O)c4cc5ccccc5cc4OC)ccc3o2)cc1. The number of carbonyl (C=O) groups excluding carboxylic acids is 1. The van der Waals surface area contributed by atoms with Crippen molar-refractivity contribution in [1.29, 1.82) is 0 Å². The molecule has 0 atom stereocenters. The summed E-state index contributed by atoms with van der Waals surface area (Å²) in [5.74, 6) is 0.663. The van der Waals surface area contributed by atoms with E-state index in [0.717, 1.165) is 29.4 Å². The molecule has 8 heteroatoms. The molecule has 5 aromatic rings. The second-order valence-electron chi connectivity index (χ2n) is 8.73. The molecular formula is C30H28N4O3S. The van der Waals surface area contributed by atoms with Gasteiger partial charge in [-0.1, -0.05) is 24.3 Å². The number of fused-ring (bicyclic) bond motifs is 2. The Hall–Kier alpha value is -4.43. The van der Waals surface area contributed by atoms with E-state index in [1.807, 2.05) is 60.7 Å². The number of aromatic nitrogens is 1. The van der Waals surface area contributed by atoms with Crippen LogP contribution in [0.1, 0.15) is 24.2 Å². The van der Waals surface area contributed by atoms with E-state index in [2.05, 4.69) is 46.5 Å². The molecule has 0 saturated heterocycles. The van der Waals surface area contributed by atoms with Gasteiger partial charge in [0.2, 0.25) is 5.89 Å². The molecule has 0 fully saturated rings. The van der Waals surface area contributed by atoms with Crippen molar-refractivity contribution in [2.24, 2.45) is 0 Å². The molecule has 0 radical (unpaired) electrons. The Morgan fingerprint density at radius 2 is 1.68 bits per heavy atom. The summed E-state index contributed by atoms with van der Waals surface area (Å²) in [7, 11) is 1.54. The molecule has 1 heterocycles. The zero-order valence-corrected chi connectivity index (χ0v) is 22.3. The second-order valence-corrected chi connectivity index (χ2v) is 9.14. The van der Waals surface area contributed by atoms with Crippen LogP contribution >= 0.6 is 12.2 Å². The summed E-state index contributed by atoms with van der Waals surface area (Å²) < 4.78 is 11.4. The normalized spacial score (nSPS) is 10.9. The highest BCUT2D eigenvalue weighted by Crippen LogP contribution is 2.28. The lowest BCUT2D eigenvalue weighted by molar-refractivity contribution is 0.0975. The first-order valence-electron chi connectivity index (χ1n) is 12.4. The van der Waals surface area contributed by atoms with Gasteiger partial charge in [-0.2, -0.15) is 0 Å². The van der Waals surface area contributed by atoms with Crippen LogP contribution in [-0.4, -0.2) is 36.2 Å². The van der Waals surface area contributed by atoms with E-state index < -0.39 is 0 Å². The van der Waals surface area contributed by atoms with Gasteiger partial charge in [0.05, 0.1) is 12.7 Å². The minimum Gasteiger partial charge on any atom is -0.496 e. The summed E-state index contributed by atoms with van der Waals surface area (Å²) in [4.78, 5) is 19.9. The van der Waals surface area contributed by atoms with Gasteiger partial charge in [-0.25, -0.2) is 4.98 Å². The molecule has 1 aromatic heterocycles. The first-order chi connectivity index (χ1) is 18.5. The van der Waals surface area contributed by atoms with E-state index in [0.29, 0.717) is 34.0 Å². The van der Waals surface area contributed by atoms with Crippen LogP contribution in [0.4, 0.5) is 11.4 Å². The fourth-order valence-electron chi connectivity index (χ4n) is 4.43. The van der Waals surface area contributed by atoms with Gasteiger partial charge >= 0.3 is 0 Å². The Bertz CT molecular complexity index is 1620. The third kappa shape index (κ3) is 5.17. The Balaban J connectivity index is 1.30. The number of ether oxygens (including phenoxy) is 1. The van der Waals surface area contributed by atoms with Crippen molar-refractivity contribution >= 4 is 56.5 Å². The highest BCUT2D eigenvalue weighted by Gasteiger charge is 2.16. The molecule has 0 aliphatic rings. The van der Waals surface area contributed by atoms with Crippen molar-refractivity contribution in [3.05, 3.63) is 84.4 Å². The summed E-state index contributed by atoms with van der Waals surface area (Å²) in [6.45, 7) is 6.18. The van der Waals surface area contributed by atoms with Gasteiger partial charge in [0.15, 0.2) is 10.7 Å². The molecule has 38 heavy (non-hydrogen) atoms. The van der Waals surface area contributed by atoms with E-state index >= 15 is 0 Å². The quantitative estimate of drug-likeness (QED) is 0.231. The summed E-state index contributed by atoms with van der Waals surface area (Å²) in [6.07, 6.45) is 0. The number of carbonyl (C=O) groups is 1. The summed E-state index contributed by atoms with van der Waals surface area (Å²) in [5.41, 5.74) is 4.50. The largest absolute Gasteiger partial charge is 0.496 e. The number of rotatable bonds is 7. The first kappa shape index (κ1) is 25.2. The Morgan fingerprint density at radius 3 is 2.37 bits per heavy atom. The van der Waals surface area contributed by atoms with E-state index in [1.165, 1.54) is 12.8 Å². The van der Waals surface area contributed by atoms with Crippen LogP contribution in [-0.2, 0) is 0 Å². The van der Waals surface area contributed by atoms with Crippen LogP contribution in [0.25, 0.3) is 33.3 Å². The molecule has 7 nitrogen and oxygen atoms in total. The molecule has 192 valence electrons. The summed E-state index contributed by atoms with van der Waals surface area (Å²) in [6, 6.07) is 25.1. The number of oxazole rings is 1. The smallest absolute Gasteiger partial charge is 0.261 e. The molecule has 1 amide bonds. The zero-order valence-electron chi connectivity index (χ0n) is 21.4. The average molecular weight is 525 g/mol. The Kier molecular flexibility index (Phi) is 7.24. The fraction of sp³-hybridized carbons (Fsp3) is 0.167. The van der Waals surface area contributed by atoms with Gasteiger partial charge in [-0.15, -0.1) is 0 Å². The summed E-state index contributed by atoms with van der Waals surface area (Å²) >= 11 is 5.41. The van der Waals surface area contributed by atoms with Crippen LogP contribution in [0.3, 0.4) is 0 Å². The van der Waals surface area contributed by atoms with Crippen molar-refractivity contribution in [2.75, 3.05) is 30.4 Å². The van der Waals surface area contributed by atoms with Gasteiger partial charge in [-0.05, 0) is 91.4 Å². The summed E-state index contributed by atoms with van der Waals surface area (Å²) in [5, 5.41) is 7.90. The second kappa shape index (κ2) is 10.9. The molecule has 0 spiro atoms. The van der Waals surface area contributed by atoms with E-state index in [9.17, 15) is 4.79 Å². The molecule has 0 saturated carbocycles. The highest BCUT2D eigenvalue weighted by molar-refractivity contribution is 7.80. The maximum absolute atomic E-state index is 13.0. The number of nitrogens with zero attached hydrogens (tertiary/aromatic N) is 2. The number of nitrogens with one attached hydrogen (secondary N) is 2. The van der Waals surface area contributed by atoms with Crippen LogP contribution in [0.15, 0.2) is 83.3 Å². The number of hydrogen-bond donors (Lipinski definition) is 2. The van der Waals surface area contributed by atoms with E-state index in [1.54, 1.807) is 6.07 Å². The molecule has 5 rings (SSSR count). The number of anilines is 2. The molecular weight excluding hydrogens is 496 g/mol. The Labute approximate surface area is 226 Å². The molecule has 0 bridgehead atoms. The van der Waals surface area contributed by atoms with Crippen molar-refractivity contribution in [2.45, 2.75) is 13.8 Å². The number of methoxy groups -OCH3 is 1. The maximum Gasteiger partial charge on any atom is 0.261 e. The zero-order chi connectivity index (χ0) is 26.6. The van der Waals surface area contributed by atoms with Crippen LogP contribution in [0.2, 0.25) is 0 Å². The maximum atomic E-state index is 13.0. The van der Waals surface area contributed by atoms with Gasteiger partial charge in [-0.3, -0.25) is 10.1 Å². The van der Waals surface area contributed by atoms with Crippen molar-refractivity contribution in [3.63, 3.8) is 0 Å². The number of amides is 1.